The summed E-state index contributed by atoms with van der Waals surface area (Å²) < 4.78 is 5.18. The number of hydrogen-bond acceptors (Lipinski definition) is 4. The molecule has 5 nitrogen and oxygen atoms in total. The third kappa shape index (κ3) is 6.80. The van der Waals surface area contributed by atoms with Crippen LogP contribution in [-0.2, 0) is 4.74 Å². The summed E-state index contributed by atoms with van der Waals surface area (Å²) in [5.41, 5.74) is -0.559. The van der Waals surface area contributed by atoms with Crippen LogP contribution in [0, 0.1) is 11.3 Å². The van der Waals surface area contributed by atoms with E-state index in [0.717, 1.165) is 0 Å². The smallest absolute Gasteiger partial charge is 0.411 e. The summed E-state index contributed by atoms with van der Waals surface area (Å²) in [6, 6.07) is 1.57. The van der Waals surface area contributed by atoms with Crippen LogP contribution in [0.5, 0.6) is 0 Å². The maximum atomic E-state index is 11.7. The van der Waals surface area contributed by atoms with Gasteiger partial charge in [-0.15, -0.1) is 0 Å². The Kier molecular flexibility index (Phi) is 6.59. The lowest BCUT2D eigenvalue weighted by atomic mass is 10.1. The van der Waals surface area contributed by atoms with Gasteiger partial charge in [0.05, 0.1) is 6.07 Å². The number of carbonyl (C=O) groups excluding carboxylic acids is 1. The van der Waals surface area contributed by atoms with Gasteiger partial charge in [-0.1, -0.05) is 0 Å². The Labute approximate surface area is 103 Å². The number of amides is 1. The fourth-order valence-electron chi connectivity index (χ4n) is 1.26. The van der Waals surface area contributed by atoms with Gasteiger partial charge in [-0.05, 0) is 40.0 Å². The minimum atomic E-state index is -0.559. The zero-order chi connectivity index (χ0) is 13.5. The summed E-state index contributed by atoms with van der Waals surface area (Å²) in [4.78, 5) is 13.0. The number of nitrogens with zero attached hydrogens (tertiary/aromatic N) is 2. The number of rotatable bonds is 5. The molecule has 1 N–H and O–H groups in total. The quantitative estimate of drug-likeness (QED) is 0.747. The minimum absolute atomic E-state index is 0.105. The normalized spacial score (nSPS) is 12.7. The molecule has 0 bridgehead atoms. The van der Waals surface area contributed by atoms with Gasteiger partial charge in [0.1, 0.15) is 11.6 Å². The molecule has 0 aromatic carbocycles. The van der Waals surface area contributed by atoms with Crippen LogP contribution in [0.25, 0.3) is 0 Å². The molecule has 5 heteroatoms. The number of nitriles is 1. The first kappa shape index (κ1) is 15.7. The Morgan fingerprint density at radius 1 is 1.47 bits per heavy atom. The fourth-order valence-corrected chi connectivity index (χ4v) is 1.26. The highest BCUT2D eigenvalue weighted by molar-refractivity contribution is 5.68. The van der Waals surface area contributed by atoms with Crippen LogP contribution in [-0.4, -0.2) is 41.4 Å². The molecule has 0 saturated carbocycles. The predicted molar refractivity (Wildman–Crippen MR) is 64.3 cm³/mol. The SMILES string of the molecule is CN(C(=O)OC(C)(C)C)[C@H](C#N)CCCCO. The lowest BCUT2D eigenvalue weighted by Gasteiger charge is -2.27. The highest BCUT2D eigenvalue weighted by Crippen LogP contribution is 2.13. The molecule has 0 aliphatic heterocycles. The third-order valence-electron chi connectivity index (χ3n) is 2.18. The monoisotopic (exact) mass is 242 g/mol. The van der Waals surface area contributed by atoms with Crippen LogP contribution in [0.1, 0.15) is 40.0 Å². The van der Waals surface area contributed by atoms with Gasteiger partial charge in [0.15, 0.2) is 0 Å². The van der Waals surface area contributed by atoms with Gasteiger partial charge < -0.3 is 9.84 Å². The number of carbonyl (C=O) groups is 1. The van der Waals surface area contributed by atoms with Crippen LogP contribution >= 0.6 is 0 Å². The zero-order valence-corrected chi connectivity index (χ0v) is 11.1. The van der Waals surface area contributed by atoms with Crippen LogP contribution < -0.4 is 0 Å². The van der Waals surface area contributed by atoms with Crippen LogP contribution in [0.15, 0.2) is 0 Å². The number of unbranched alkanes of at least 4 members (excludes halogenated alkanes) is 1. The van der Waals surface area contributed by atoms with Crippen molar-refractivity contribution < 1.29 is 14.6 Å². The average Bonchev–Trinajstić information content (AvgIpc) is 2.21. The molecule has 17 heavy (non-hydrogen) atoms. The Hall–Kier alpha value is -1.28. The molecule has 0 fully saturated rings. The van der Waals surface area contributed by atoms with E-state index in [1.54, 1.807) is 27.8 Å². The van der Waals surface area contributed by atoms with E-state index in [-0.39, 0.29) is 6.61 Å². The summed E-state index contributed by atoms with van der Waals surface area (Å²) in [6.45, 7) is 5.46. The lowest BCUT2D eigenvalue weighted by Crippen LogP contribution is -2.40. The van der Waals surface area contributed by atoms with E-state index in [4.69, 9.17) is 15.1 Å². The van der Waals surface area contributed by atoms with E-state index in [0.29, 0.717) is 19.3 Å². The molecule has 0 heterocycles. The molecule has 1 amide bonds. The second-order valence-corrected chi connectivity index (χ2v) is 4.96. The Morgan fingerprint density at radius 2 is 2.06 bits per heavy atom. The van der Waals surface area contributed by atoms with E-state index in [1.807, 2.05) is 0 Å². The van der Waals surface area contributed by atoms with Crippen LogP contribution in [0.2, 0.25) is 0 Å². The molecular weight excluding hydrogens is 220 g/mol. The van der Waals surface area contributed by atoms with E-state index in [9.17, 15) is 4.79 Å². The highest BCUT2D eigenvalue weighted by atomic mass is 16.6. The van der Waals surface area contributed by atoms with Gasteiger partial charge in [-0.25, -0.2) is 4.79 Å². The Bertz CT molecular complexity index is 278. The molecule has 0 unspecified atom stereocenters. The summed E-state index contributed by atoms with van der Waals surface area (Å²) in [5.74, 6) is 0. The predicted octanol–water partition coefficient (Wildman–Crippen LogP) is 1.91. The number of aliphatic hydroxyl groups excluding tert-OH is 1. The first-order valence-electron chi connectivity index (χ1n) is 5.78. The van der Waals surface area contributed by atoms with E-state index >= 15 is 0 Å². The number of hydrogen-bond donors (Lipinski definition) is 1. The van der Waals surface area contributed by atoms with Crippen molar-refractivity contribution in [1.29, 1.82) is 5.26 Å². The van der Waals surface area contributed by atoms with E-state index < -0.39 is 17.7 Å². The second kappa shape index (κ2) is 7.13. The molecule has 0 saturated heterocycles. The van der Waals surface area contributed by atoms with Crippen molar-refractivity contribution in [2.24, 2.45) is 0 Å². The maximum Gasteiger partial charge on any atom is 0.411 e. The average molecular weight is 242 g/mol. The number of ether oxygens (including phenoxy) is 1. The molecule has 98 valence electrons. The highest BCUT2D eigenvalue weighted by Gasteiger charge is 2.24. The maximum absolute atomic E-state index is 11.7. The lowest BCUT2D eigenvalue weighted by molar-refractivity contribution is 0.0253. The van der Waals surface area contributed by atoms with Crippen molar-refractivity contribution in [3.63, 3.8) is 0 Å². The Morgan fingerprint density at radius 3 is 2.47 bits per heavy atom. The van der Waals surface area contributed by atoms with Crippen LogP contribution in [0.3, 0.4) is 0 Å². The van der Waals surface area contributed by atoms with Crippen molar-refractivity contribution in [3.8, 4) is 6.07 Å². The summed E-state index contributed by atoms with van der Waals surface area (Å²) in [5, 5.41) is 17.6. The van der Waals surface area contributed by atoms with Crippen LogP contribution in [0.4, 0.5) is 4.79 Å². The van der Waals surface area contributed by atoms with Gasteiger partial charge >= 0.3 is 6.09 Å². The molecule has 0 radical (unpaired) electrons. The van der Waals surface area contributed by atoms with Gasteiger partial charge in [-0.2, -0.15) is 5.26 Å². The largest absolute Gasteiger partial charge is 0.444 e. The second-order valence-electron chi connectivity index (χ2n) is 4.96. The molecule has 0 aromatic heterocycles. The summed E-state index contributed by atoms with van der Waals surface area (Å²) >= 11 is 0. The van der Waals surface area contributed by atoms with Crippen molar-refractivity contribution >= 4 is 6.09 Å². The van der Waals surface area contributed by atoms with Crippen molar-refractivity contribution in [3.05, 3.63) is 0 Å². The summed E-state index contributed by atoms with van der Waals surface area (Å²) in [7, 11) is 1.56. The molecular formula is C12H22N2O3. The van der Waals surface area contributed by atoms with Crippen molar-refractivity contribution in [1.82, 2.24) is 4.90 Å². The first-order valence-corrected chi connectivity index (χ1v) is 5.78. The molecule has 0 spiro atoms. The molecule has 0 aromatic rings. The Balaban J connectivity index is 4.29. The molecule has 0 aliphatic rings. The number of aliphatic hydroxyl groups is 1. The third-order valence-corrected chi connectivity index (χ3v) is 2.18. The molecule has 0 rings (SSSR count). The van der Waals surface area contributed by atoms with Gasteiger partial charge in [-0.3, -0.25) is 4.90 Å². The minimum Gasteiger partial charge on any atom is -0.444 e. The molecule has 0 aliphatic carbocycles. The fraction of sp³-hybridized carbons (Fsp3) is 0.833. The van der Waals surface area contributed by atoms with Gasteiger partial charge in [0, 0.05) is 13.7 Å². The van der Waals surface area contributed by atoms with Crippen molar-refractivity contribution in [2.75, 3.05) is 13.7 Å². The molecule has 1 atom stereocenters. The van der Waals surface area contributed by atoms with E-state index in [2.05, 4.69) is 6.07 Å². The van der Waals surface area contributed by atoms with E-state index in [1.165, 1.54) is 4.90 Å². The topological polar surface area (TPSA) is 73.6 Å². The zero-order valence-electron chi connectivity index (χ0n) is 11.1. The summed E-state index contributed by atoms with van der Waals surface area (Å²) in [6.07, 6.45) is 1.41. The van der Waals surface area contributed by atoms with Gasteiger partial charge in [0.25, 0.3) is 0 Å². The standard InChI is InChI=1S/C12H22N2O3/c1-12(2,3)17-11(16)14(4)10(9-13)7-5-6-8-15/h10,15H,5-8H2,1-4H3/t10-/m0/s1. The first-order chi connectivity index (χ1) is 7.81. The van der Waals surface area contributed by atoms with Crippen molar-refractivity contribution in [2.45, 2.75) is 51.7 Å². The van der Waals surface area contributed by atoms with Gasteiger partial charge in [0.2, 0.25) is 0 Å².